The SMILES string of the molecule is Cn1nc2c(c1NC(=O)NCc1ccc(Cl)cc1)CN(C(=O)OC(C)(C)C)CC2. The fourth-order valence-electron chi connectivity index (χ4n) is 3.08. The molecule has 8 nitrogen and oxygen atoms in total. The number of amides is 3. The predicted molar refractivity (Wildman–Crippen MR) is 111 cm³/mol. The summed E-state index contributed by atoms with van der Waals surface area (Å²) in [5.41, 5.74) is 2.08. The molecule has 0 spiro atoms. The van der Waals surface area contributed by atoms with Crippen molar-refractivity contribution in [3.05, 3.63) is 46.1 Å². The van der Waals surface area contributed by atoms with Crippen molar-refractivity contribution in [1.82, 2.24) is 20.0 Å². The minimum absolute atomic E-state index is 0.338. The number of hydrogen-bond acceptors (Lipinski definition) is 4. The van der Waals surface area contributed by atoms with Crippen LogP contribution in [0.5, 0.6) is 0 Å². The molecule has 9 heteroatoms. The quantitative estimate of drug-likeness (QED) is 0.794. The van der Waals surface area contributed by atoms with Crippen molar-refractivity contribution in [1.29, 1.82) is 0 Å². The van der Waals surface area contributed by atoms with Crippen LogP contribution in [0.3, 0.4) is 0 Å². The average molecular weight is 420 g/mol. The molecular weight excluding hydrogens is 394 g/mol. The first kappa shape index (κ1) is 21.0. The van der Waals surface area contributed by atoms with Gasteiger partial charge in [-0.25, -0.2) is 9.59 Å². The highest BCUT2D eigenvalue weighted by Crippen LogP contribution is 2.27. The first-order chi connectivity index (χ1) is 13.6. The largest absolute Gasteiger partial charge is 0.444 e. The van der Waals surface area contributed by atoms with Crippen LogP contribution in [0.2, 0.25) is 5.02 Å². The van der Waals surface area contributed by atoms with Crippen molar-refractivity contribution in [2.75, 3.05) is 11.9 Å². The Morgan fingerprint density at radius 1 is 1.24 bits per heavy atom. The summed E-state index contributed by atoms with van der Waals surface area (Å²) in [5.74, 6) is 0.571. The van der Waals surface area contributed by atoms with E-state index in [1.807, 2.05) is 32.9 Å². The number of benzene rings is 1. The predicted octanol–water partition coefficient (Wildman–Crippen LogP) is 3.69. The zero-order chi connectivity index (χ0) is 21.2. The summed E-state index contributed by atoms with van der Waals surface area (Å²) in [6, 6.07) is 6.92. The molecule has 3 amide bonds. The topological polar surface area (TPSA) is 88.5 Å². The van der Waals surface area contributed by atoms with E-state index in [1.54, 1.807) is 28.8 Å². The summed E-state index contributed by atoms with van der Waals surface area (Å²) >= 11 is 5.88. The van der Waals surface area contributed by atoms with E-state index in [4.69, 9.17) is 16.3 Å². The lowest BCUT2D eigenvalue weighted by Crippen LogP contribution is -2.40. The van der Waals surface area contributed by atoms with Gasteiger partial charge in [0.2, 0.25) is 0 Å². The molecule has 1 aromatic heterocycles. The van der Waals surface area contributed by atoms with Crippen molar-refractivity contribution in [2.45, 2.75) is 45.9 Å². The Hall–Kier alpha value is -2.74. The van der Waals surface area contributed by atoms with Crippen molar-refractivity contribution >= 4 is 29.5 Å². The summed E-state index contributed by atoms with van der Waals surface area (Å²) in [6.45, 7) is 6.74. The maximum absolute atomic E-state index is 12.4. The minimum Gasteiger partial charge on any atom is -0.444 e. The van der Waals surface area contributed by atoms with Gasteiger partial charge in [-0.3, -0.25) is 10.00 Å². The molecule has 0 fully saturated rings. The number of aromatic nitrogens is 2. The number of ether oxygens (including phenoxy) is 1. The number of urea groups is 1. The fraction of sp³-hybridized carbons (Fsp3) is 0.450. The summed E-state index contributed by atoms with van der Waals surface area (Å²) in [4.78, 5) is 26.4. The lowest BCUT2D eigenvalue weighted by molar-refractivity contribution is 0.0224. The standard InChI is InChI=1S/C20H26ClN5O3/c1-20(2,3)29-19(28)26-10-9-16-15(12-26)17(25(4)24-16)23-18(27)22-11-13-5-7-14(21)8-6-13/h5-8H,9-12H2,1-4H3,(H2,22,23,27). The number of halogens is 1. The van der Waals surface area contributed by atoms with E-state index >= 15 is 0 Å². The number of nitrogens with zero attached hydrogens (tertiary/aromatic N) is 3. The van der Waals surface area contributed by atoms with Crippen LogP contribution < -0.4 is 10.6 Å². The van der Waals surface area contributed by atoms with Gasteiger partial charge >= 0.3 is 12.1 Å². The molecule has 0 saturated carbocycles. The van der Waals surface area contributed by atoms with Gasteiger partial charge < -0.3 is 15.0 Å². The number of rotatable bonds is 3. The molecule has 29 heavy (non-hydrogen) atoms. The summed E-state index contributed by atoms with van der Waals surface area (Å²) in [6.07, 6.45) is 0.237. The van der Waals surface area contributed by atoms with Gasteiger partial charge in [-0.2, -0.15) is 5.10 Å². The molecule has 3 rings (SSSR count). The van der Waals surface area contributed by atoms with E-state index in [0.29, 0.717) is 36.9 Å². The summed E-state index contributed by atoms with van der Waals surface area (Å²) < 4.78 is 7.10. The van der Waals surface area contributed by atoms with Crippen LogP contribution in [0, 0.1) is 0 Å². The van der Waals surface area contributed by atoms with E-state index in [9.17, 15) is 9.59 Å². The zero-order valence-electron chi connectivity index (χ0n) is 17.1. The first-order valence-corrected chi connectivity index (χ1v) is 9.82. The Kier molecular flexibility index (Phi) is 6.02. The van der Waals surface area contributed by atoms with Crippen molar-refractivity contribution in [2.24, 2.45) is 7.05 Å². The van der Waals surface area contributed by atoms with Gasteiger partial charge in [0.25, 0.3) is 0 Å². The van der Waals surface area contributed by atoms with Crippen LogP contribution >= 0.6 is 11.6 Å². The summed E-state index contributed by atoms with van der Waals surface area (Å²) in [5, 5.41) is 10.8. The molecule has 0 aliphatic carbocycles. The molecule has 1 aliphatic heterocycles. The number of carbonyl (C=O) groups excluding carboxylic acids is 2. The van der Waals surface area contributed by atoms with Gasteiger partial charge in [0.1, 0.15) is 11.4 Å². The highest BCUT2D eigenvalue weighted by atomic mass is 35.5. The molecule has 0 unspecified atom stereocenters. The lowest BCUT2D eigenvalue weighted by atomic mass is 10.1. The lowest BCUT2D eigenvalue weighted by Gasteiger charge is -2.29. The van der Waals surface area contributed by atoms with E-state index in [1.165, 1.54) is 0 Å². The maximum Gasteiger partial charge on any atom is 0.410 e. The molecule has 2 heterocycles. The van der Waals surface area contributed by atoms with Crippen LogP contribution in [0.25, 0.3) is 0 Å². The number of nitrogens with one attached hydrogen (secondary N) is 2. The molecule has 1 aliphatic rings. The third kappa shape index (κ3) is 5.41. The Labute approximate surface area is 175 Å². The minimum atomic E-state index is -0.561. The highest BCUT2D eigenvalue weighted by molar-refractivity contribution is 6.30. The number of aryl methyl sites for hydroxylation is 1. The Balaban J connectivity index is 1.65. The molecule has 0 radical (unpaired) electrons. The molecule has 0 atom stereocenters. The van der Waals surface area contributed by atoms with E-state index in [2.05, 4.69) is 15.7 Å². The molecular formula is C20H26ClN5O3. The van der Waals surface area contributed by atoms with Gasteiger partial charge in [0, 0.05) is 37.1 Å². The van der Waals surface area contributed by atoms with Gasteiger partial charge in [-0.15, -0.1) is 0 Å². The second kappa shape index (κ2) is 8.32. The Morgan fingerprint density at radius 2 is 1.93 bits per heavy atom. The Morgan fingerprint density at radius 3 is 2.59 bits per heavy atom. The van der Waals surface area contributed by atoms with Gasteiger partial charge in [0.15, 0.2) is 0 Å². The van der Waals surface area contributed by atoms with E-state index < -0.39 is 5.60 Å². The fourth-order valence-corrected chi connectivity index (χ4v) is 3.20. The van der Waals surface area contributed by atoms with Crippen LogP contribution in [-0.4, -0.2) is 39.0 Å². The molecule has 2 N–H and O–H groups in total. The zero-order valence-corrected chi connectivity index (χ0v) is 17.8. The molecule has 0 bridgehead atoms. The van der Waals surface area contributed by atoms with Gasteiger partial charge in [0.05, 0.1) is 12.2 Å². The molecule has 0 saturated heterocycles. The van der Waals surface area contributed by atoms with E-state index in [0.717, 1.165) is 16.8 Å². The third-order valence-electron chi connectivity index (χ3n) is 4.45. The van der Waals surface area contributed by atoms with Crippen molar-refractivity contribution < 1.29 is 14.3 Å². The number of hydrogen-bond donors (Lipinski definition) is 2. The average Bonchev–Trinajstić information content (AvgIpc) is 2.94. The van der Waals surface area contributed by atoms with Gasteiger partial charge in [-0.1, -0.05) is 23.7 Å². The maximum atomic E-state index is 12.4. The van der Waals surface area contributed by atoms with Gasteiger partial charge in [-0.05, 0) is 38.5 Å². The third-order valence-corrected chi connectivity index (χ3v) is 4.70. The number of fused-ring (bicyclic) bond motifs is 1. The monoisotopic (exact) mass is 419 g/mol. The van der Waals surface area contributed by atoms with Crippen LogP contribution in [0.1, 0.15) is 37.6 Å². The van der Waals surface area contributed by atoms with Crippen LogP contribution in [-0.2, 0) is 31.3 Å². The van der Waals surface area contributed by atoms with Crippen LogP contribution in [0.4, 0.5) is 15.4 Å². The van der Waals surface area contributed by atoms with E-state index in [-0.39, 0.29) is 12.1 Å². The van der Waals surface area contributed by atoms with Crippen molar-refractivity contribution in [3.8, 4) is 0 Å². The second-order valence-electron chi connectivity index (χ2n) is 7.98. The summed E-state index contributed by atoms with van der Waals surface area (Å²) in [7, 11) is 1.77. The molecule has 1 aromatic carbocycles. The van der Waals surface area contributed by atoms with Crippen LogP contribution in [0.15, 0.2) is 24.3 Å². The Bertz CT molecular complexity index is 902. The smallest absolute Gasteiger partial charge is 0.410 e. The first-order valence-electron chi connectivity index (χ1n) is 9.44. The van der Waals surface area contributed by atoms with Crippen molar-refractivity contribution in [3.63, 3.8) is 0 Å². The highest BCUT2D eigenvalue weighted by Gasteiger charge is 2.30. The number of carbonyl (C=O) groups is 2. The second-order valence-corrected chi connectivity index (χ2v) is 8.42. The molecule has 156 valence electrons. The normalized spacial score (nSPS) is 13.6. The number of anilines is 1. The molecule has 2 aromatic rings.